The van der Waals surface area contributed by atoms with Crippen molar-refractivity contribution in [3.05, 3.63) is 0 Å². The van der Waals surface area contributed by atoms with Crippen LogP contribution < -0.4 is 0 Å². The van der Waals surface area contributed by atoms with E-state index in [0.29, 0.717) is 49.2 Å². The standard InChI is InChI=1S/C37H72O4/c1-30(2)24-22-28-40-35(38)27-21-19-17-15-13-11-9-10-12-14-16-18-20-26-34(32(5)6)36(33(7)8)37(39)41-29-23-25-31(3)4/h30-34,36H,9-29H2,1-8H3. The molecule has 0 N–H and O–H groups in total. The molecule has 0 aliphatic heterocycles. The molecule has 41 heavy (non-hydrogen) atoms. The summed E-state index contributed by atoms with van der Waals surface area (Å²) in [7, 11) is 0. The number of unbranched alkanes of at least 4 members (excludes halogenated alkanes) is 12. The third-order valence-corrected chi connectivity index (χ3v) is 8.59. The van der Waals surface area contributed by atoms with Gasteiger partial charge in [0.1, 0.15) is 0 Å². The van der Waals surface area contributed by atoms with Gasteiger partial charge in [-0.1, -0.05) is 132 Å². The molecule has 0 spiro atoms. The van der Waals surface area contributed by atoms with Crippen molar-refractivity contribution in [2.45, 2.75) is 177 Å². The number of esters is 2. The van der Waals surface area contributed by atoms with E-state index in [9.17, 15) is 9.59 Å². The molecular formula is C37H72O4. The van der Waals surface area contributed by atoms with Crippen LogP contribution in [-0.2, 0) is 19.1 Å². The van der Waals surface area contributed by atoms with Crippen molar-refractivity contribution in [1.82, 2.24) is 0 Å². The van der Waals surface area contributed by atoms with Crippen LogP contribution in [0, 0.1) is 35.5 Å². The van der Waals surface area contributed by atoms with E-state index in [1.807, 2.05) is 0 Å². The van der Waals surface area contributed by atoms with Gasteiger partial charge in [-0.2, -0.15) is 0 Å². The van der Waals surface area contributed by atoms with Gasteiger partial charge in [0.25, 0.3) is 0 Å². The second kappa shape index (κ2) is 26.6. The monoisotopic (exact) mass is 581 g/mol. The highest BCUT2D eigenvalue weighted by molar-refractivity contribution is 5.73. The Hall–Kier alpha value is -1.06. The van der Waals surface area contributed by atoms with Gasteiger partial charge < -0.3 is 9.47 Å². The minimum atomic E-state index is -0.0131. The first-order chi connectivity index (χ1) is 19.6. The fourth-order valence-electron chi connectivity index (χ4n) is 5.97. The van der Waals surface area contributed by atoms with Gasteiger partial charge in [0.15, 0.2) is 0 Å². The summed E-state index contributed by atoms with van der Waals surface area (Å²) in [6.07, 6.45) is 22.5. The summed E-state index contributed by atoms with van der Waals surface area (Å²) in [5.74, 6) is 2.64. The molecule has 244 valence electrons. The summed E-state index contributed by atoms with van der Waals surface area (Å²) in [4.78, 5) is 24.7. The SMILES string of the molecule is CC(C)CCCOC(=O)CCCCCCCCCCCCCCCC(C(C)C)C(C(=O)OCCCC(C)C)C(C)C. The molecule has 0 aromatic heterocycles. The molecule has 0 amide bonds. The van der Waals surface area contributed by atoms with Gasteiger partial charge in [-0.3, -0.25) is 9.59 Å². The summed E-state index contributed by atoms with van der Waals surface area (Å²) in [5, 5.41) is 0. The van der Waals surface area contributed by atoms with Crippen molar-refractivity contribution in [2.24, 2.45) is 35.5 Å². The van der Waals surface area contributed by atoms with Gasteiger partial charge in [0.05, 0.1) is 19.1 Å². The van der Waals surface area contributed by atoms with E-state index in [0.717, 1.165) is 44.9 Å². The van der Waals surface area contributed by atoms with E-state index in [4.69, 9.17) is 9.47 Å². The van der Waals surface area contributed by atoms with E-state index in [1.165, 1.54) is 70.6 Å². The van der Waals surface area contributed by atoms with E-state index in [1.54, 1.807) is 0 Å². The summed E-state index contributed by atoms with van der Waals surface area (Å²) >= 11 is 0. The second-order valence-corrected chi connectivity index (χ2v) is 14.3. The Balaban J connectivity index is 3.80. The lowest BCUT2D eigenvalue weighted by molar-refractivity contribution is -0.153. The van der Waals surface area contributed by atoms with Crippen LogP contribution in [0.2, 0.25) is 0 Å². The Kier molecular flexibility index (Phi) is 25.9. The van der Waals surface area contributed by atoms with Gasteiger partial charge >= 0.3 is 11.9 Å². The quantitative estimate of drug-likeness (QED) is 0.0682. The van der Waals surface area contributed by atoms with Crippen LogP contribution in [0.25, 0.3) is 0 Å². The van der Waals surface area contributed by atoms with Gasteiger partial charge in [0, 0.05) is 6.42 Å². The van der Waals surface area contributed by atoms with E-state index < -0.39 is 0 Å². The third-order valence-electron chi connectivity index (χ3n) is 8.59. The van der Waals surface area contributed by atoms with Crippen LogP contribution in [0.3, 0.4) is 0 Å². The first-order valence-electron chi connectivity index (χ1n) is 17.9. The highest BCUT2D eigenvalue weighted by atomic mass is 16.5. The molecule has 0 aliphatic rings. The lowest BCUT2D eigenvalue weighted by Gasteiger charge is -2.31. The largest absolute Gasteiger partial charge is 0.466 e. The zero-order valence-electron chi connectivity index (χ0n) is 28.9. The van der Waals surface area contributed by atoms with Crippen LogP contribution in [0.15, 0.2) is 0 Å². The molecule has 2 atom stereocenters. The predicted molar refractivity (Wildman–Crippen MR) is 176 cm³/mol. The molecule has 0 bridgehead atoms. The highest BCUT2D eigenvalue weighted by Gasteiger charge is 2.33. The zero-order valence-corrected chi connectivity index (χ0v) is 28.9. The van der Waals surface area contributed by atoms with Gasteiger partial charge in [0.2, 0.25) is 0 Å². The van der Waals surface area contributed by atoms with Crippen LogP contribution in [-0.4, -0.2) is 25.2 Å². The number of rotatable bonds is 28. The van der Waals surface area contributed by atoms with Crippen LogP contribution in [0.1, 0.15) is 177 Å². The molecule has 0 rings (SSSR count). The Morgan fingerprint density at radius 2 is 0.878 bits per heavy atom. The Morgan fingerprint density at radius 3 is 1.29 bits per heavy atom. The van der Waals surface area contributed by atoms with E-state index in [2.05, 4.69) is 55.4 Å². The zero-order chi connectivity index (χ0) is 30.9. The molecule has 0 heterocycles. The second-order valence-electron chi connectivity index (χ2n) is 14.3. The van der Waals surface area contributed by atoms with Crippen molar-refractivity contribution in [1.29, 1.82) is 0 Å². The Morgan fingerprint density at radius 1 is 0.463 bits per heavy atom. The number of hydrogen-bond acceptors (Lipinski definition) is 4. The predicted octanol–water partition coefficient (Wildman–Crippen LogP) is 11.3. The molecule has 0 aromatic carbocycles. The number of hydrogen-bond donors (Lipinski definition) is 0. The molecular weight excluding hydrogens is 508 g/mol. The van der Waals surface area contributed by atoms with Gasteiger partial charge in [-0.05, 0) is 68.1 Å². The molecule has 0 aliphatic carbocycles. The molecule has 0 radical (unpaired) electrons. The van der Waals surface area contributed by atoms with Gasteiger partial charge in [-0.25, -0.2) is 0 Å². The minimum absolute atomic E-state index is 0.0131. The molecule has 0 saturated heterocycles. The van der Waals surface area contributed by atoms with Crippen molar-refractivity contribution in [2.75, 3.05) is 13.2 Å². The minimum Gasteiger partial charge on any atom is -0.466 e. The number of ether oxygens (including phenoxy) is 2. The Labute approximate surface area is 256 Å². The summed E-state index contributed by atoms with van der Waals surface area (Å²) in [6, 6.07) is 0. The lowest BCUT2D eigenvalue weighted by Crippen LogP contribution is -2.33. The maximum absolute atomic E-state index is 13.0. The normalized spacial score (nSPS) is 13.4. The average molecular weight is 581 g/mol. The van der Waals surface area contributed by atoms with Gasteiger partial charge in [-0.15, -0.1) is 0 Å². The number of carbonyl (C=O) groups excluding carboxylic acids is 2. The van der Waals surface area contributed by atoms with Crippen molar-refractivity contribution in [3.63, 3.8) is 0 Å². The van der Waals surface area contributed by atoms with Crippen molar-refractivity contribution >= 4 is 11.9 Å². The first-order valence-corrected chi connectivity index (χ1v) is 17.9. The number of carbonyl (C=O) groups is 2. The third kappa shape index (κ3) is 24.1. The molecule has 4 heteroatoms. The summed E-state index contributed by atoms with van der Waals surface area (Å²) < 4.78 is 11.1. The van der Waals surface area contributed by atoms with Crippen LogP contribution in [0.5, 0.6) is 0 Å². The fourth-order valence-corrected chi connectivity index (χ4v) is 5.97. The summed E-state index contributed by atoms with van der Waals surface area (Å²) in [5.41, 5.74) is 0. The molecule has 4 nitrogen and oxygen atoms in total. The van der Waals surface area contributed by atoms with Crippen LogP contribution in [0.4, 0.5) is 0 Å². The first kappa shape index (κ1) is 39.9. The molecule has 0 aromatic rings. The van der Waals surface area contributed by atoms with E-state index >= 15 is 0 Å². The lowest BCUT2D eigenvalue weighted by atomic mass is 9.74. The molecule has 0 fully saturated rings. The van der Waals surface area contributed by atoms with Crippen LogP contribution >= 0.6 is 0 Å². The van der Waals surface area contributed by atoms with E-state index in [-0.39, 0.29) is 17.9 Å². The topological polar surface area (TPSA) is 52.6 Å². The Bertz CT molecular complexity index is 610. The highest BCUT2D eigenvalue weighted by Crippen LogP contribution is 2.33. The molecule has 0 saturated carbocycles. The average Bonchev–Trinajstić information content (AvgIpc) is 2.89. The van der Waals surface area contributed by atoms with Crippen molar-refractivity contribution in [3.8, 4) is 0 Å². The fraction of sp³-hybridized carbons (Fsp3) is 0.946. The smallest absolute Gasteiger partial charge is 0.309 e. The van der Waals surface area contributed by atoms with Crippen molar-refractivity contribution < 1.29 is 19.1 Å². The summed E-state index contributed by atoms with van der Waals surface area (Å²) in [6.45, 7) is 18.9. The maximum Gasteiger partial charge on any atom is 0.309 e. The maximum atomic E-state index is 13.0. The molecule has 2 unspecified atom stereocenters.